The maximum absolute atomic E-state index is 11.1. The number of aromatic nitrogens is 1. The van der Waals surface area contributed by atoms with Gasteiger partial charge in [0.2, 0.25) is 5.91 Å². The van der Waals surface area contributed by atoms with E-state index < -0.39 is 0 Å². The van der Waals surface area contributed by atoms with Gasteiger partial charge in [0.25, 0.3) is 0 Å². The Morgan fingerprint density at radius 2 is 2.42 bits per heavy atom. The molecule has 2 rings (SSSR count). The second-order valence-corrected chi connectivity index (χ2v) is 2.61. The van der Waals surface area contributed by atoms with Crippen molar-refractivity contribution in [2.24, 2.45) is 0 Å². The summed E-state index contributed by atoms with van der Waals surface area (Å²) in [7, 11) is 0. The number of hydrogen-bond donors (Lipinski definition) is 0. The van der Waals surface area contributed by atoms with Crippen LogP contribution in [0.3, 0.4) is 0 Å². The highest BCUT2D eigenvalue weighted by Crippen LogP contribution is 2.13. The topological polar surface area (TPSA) is 22.0 Å². The lowest BCUT2D eigenvalue weighted by Gasteiger charge is -1.96. The summed E-state index contributed by atoms with van der Waals surface area (Å²) < 4.78 is 1.57. The molecule has 0 saturated heterocycles. The smallest absolute Gasteiger partial charge is 0.227 e. The van der Waals surface area contributed by atoms with Crippen LogP contribution in [0.1, 0.15) is 11.7 Å². The van der Waals surface area contributed by atoms with Crippen LogP contribution in [0, 0.1) is 12.1 Å². The van der Waals surface area contributed by atoms with E-state index in [0.29, 0.717) is 0 Å². The molecule has 1 heterocycles. The summed E-state index contributed by atoms with van der Waals surface area (Å²) in [5, 5.41) is 0.924. The van der Waals surface area contributed by atoms with Gasteiger partial charge in [0, 0.05) is 24.6 Å². The van der Waals surface area contributed by atoms with Crippen molar-refractivity contribution >= 4 is 16.8 Å². The van der Waals surface area contributed by atoms with Crippen LogP contribution in [0.2, 0.25) is 0 Å². The standard InChI is InChI=1S/C10H7NO/c1-8(12)11-7-6-9-4-2-3-5-10(9)11/h3-5,7H,1H3. The maximum Gasteiger partial charge on any atom is 0.227 e. The molecule has 0 spiro atoms. The maximum atomic E-state index is 11.1. The number of fused-ring (bicyclic) bond motifs is 1. The van der Waals surface area contributed by atoms with Gasteiger partial charge < -0.3 is 0 Å². The van der Waals surface area contributed by atoms with E-state index in [0.717, 1.165) is 10.9 Å². The molecule has 12 heavy (non-hydrogen) atoms. The van der Waals surface area contributed by atoms with Crippen LogP contribution >= 0.6 is 0 Å². The Kier molecular flexibility index (Phi) is 1.47. The normalized spacial score (nSPS) is 10.4. The van der Waals surface area contributed by atoms with E-state index in [-0.39, 0.29) is 5.91 Å². The second kappa shape index (κ2) is 2.48. The zero-order valence-electron chi connectivity index (χ0n) is 6.66. The number of carbonyl (C=O) groups excluding carboxylic acids is 1. The molecule has 0 amide bonds. The predicted octanol–water partition coefficient (Wildman–Crippen LogP) is 1.90. The lowest BCUT2D eigenvalue weighted by atomic mass is 10.2. The molecular formula is C10H7NO. The Morgan fingerprint density at radius 3 is 3.17 bits per heavy atom. The third kappa shape index (κ3) is 0.925. The summed E-state index contributed by atoms with van der Waals surface area (Å²) in [6.07, 6.45) is 1.65. The van der Waals surface area contributed by atoms with E-state index in [1.54, 1.807) is 16.8 Å². The molecule has 58 valence electrons. The highest BCUT2D eigenvalue weighted by atomic mass is 16.1. The zero-order chi connectivity index (χ0) is 8.55. The molecule has 0 aliphatic heterocycles. The molecule has 1 aromatic carbocycles. The van der Waals surface area contributed by atoms with Gasteiger partial charge in [-0.05, 0) is 18.2 Å². The quantitative estimate of drug-likeness (QED) is 0.572. The largest absolute Gasteiger partial charge is 0.287 e. The molecule has 0 N–H and O–H groups in total. The molecule has 0 unspecified atom stereocenters. The van der Waals surface area contributed by atoms with Crippen molar-refractivity contribution in [1.29, 1.82) is 0 Å². The molecule has 2 nitrogen and oxygen atoms in total. The van der Waals surface area contributed by atoms with Gasteiger partial charge in [0.15, 0.2) is 0 Å². The molecule has 0 saturated carbocycles. The Labute approximate surface area is 70.4 Å². The number of nitrogens with zero attached hydrogens (tertiary/aromatic N) is 1. The van der Waals surface area contributed by atoms with Crippen LogP contribution in [0.4, 0.5) is 0 Å². The number of carbonyl (C=O) groups is 1. The van der Waals surface area contributed by atoms with Crippen molar-refractivity contribution in [3.05, 3.63) is 36.5 Å². The van der Waals surface area contributed by atoms with Crippen molar-refractivity contribution in [2.75, 3.05) is 0 Å². The first-order valence-electron chi connectivity index (χ1n) is 3.69. The molecule has 1 aromatic heterocycles. The van der Waals surface area contributed by atoms with Crippen molar-refractivity contribution in [2.45, 2.75) is 6.92 Å². The van der Waals surface area contributed by atoms with Crippen LogP contribution in [-0.2, 0) is 0 Å². The van der Waals surface area contributed by atoms with Crippen molar-refractivity contribution < 1.29 is 4.79 Å². The monoisotopic (exact) mass is 157 g/mol. The number of hydrogen-bond acceptors (Lipinski definition) is 1. The Balaban J connectivity index is 2.79. The molecule has 0 aliphatic carbocycles. The Morgan fingerprint density at radius 1 is 1.58 bits per heavy atom. The summed E-state index contributed by atoms with van der Waals surface area (Å²) in [5.74, 6) is 0.00690. The first-order chi connectivity index (χ1) is 5.79. The van der Waals surface area contributed by atoms with Crippen LogP contribution in [0.15, 0.2) is 24.4 Å². The van der Waals surface area contributed by atoms with Gasteiger partial charge in [-0.25, -0.2) is 0 Å². The van der Waals surface area contributed by atoms with Gasteiger partial charge in [0.05, 0.1) is 5.52 Å². The molecule has 2 heteroatoms. The fourth-order valence-corrected chi connectivity index (χ4v) is 1.21. The van der Waals surface area contributed by atoms with Crippen molar-refractivity contribution in [3.63, 3.8) is 0 Å². The zero-order valence-corrected chi connectivity index (χ0v) is 6.66. The van der Waals surface area contributed by atoms with Gasteiger partial charge in [0.1, 0.15) is 0 Å². The summed E-state index contributed by atoms with van der Waals surface area (Å²) in [5.41, 5.74) is 0.890. The molecular weight excluding hydrogens is 150 g/mol. The lowest BCUT2D eigenvalue weighted by molar-refractivity contribution is 0.0941. The summed E-state index contributed by atoms with van der Waals surface area (Å²) in [4.78, 5) is 11.1. The van der Waals surface area contributed by atoms with Gasteiger partial charge in [-0.2, -0.15) is 0 Å². The molecule has 2 aromatic rings. The predicted molar refractivity (Wildman–Crippen MR) is 45.9 cm³/mol. The highest BCUT2D eigenvalue weighted by molar-refractivity contribution is 5.90. The van der Waals surface area contributed by atoms with E-state index in [1.807, 2.05) is 12.1 Å². The van der Waals surface area contributed by atoms with Gasteiger partial charge in [-0.3, -0.25) is 9.36 Å². The van der Waals surface area contributed by atoms with Crippen LogP contribution in [0.25, 0.3) is 10.9 Å². The number of benzene rings is 1. The average molecular weight is 157 g/mol. The van der Waals surface area contributed by atoms with Gasteiger partial charge >= 0.3 is 0 Å². The van der Waals surface area contributed by atoms with Crippen molar-refractivity contribution in [3.8, 4) is 0 Å². The van der Waals surface area contributed by atoms with Gasteiger partial charge in [-0.1, -0.05) is 6.07 Å². The molecule has 2 radical (unpaired) electrons. The van der Waals surface area contributed by atoms with E-state index in [2.05, 4.69) is 12.1 Å². The summed E-state index contributed by atoms with van der Waals surface area (Å²) in [6, 6.07) is 11.4. The average Bonchev–Trinajstić information content (AvgIpc) is 2.47. The van der Waals surface area contributed by atoms with Crippen LogP contribution < -0.4 is 0 Å². The molecule has 0 bridgehead atoms. The fourth-order valence-electron chi connectivity index (χ4n) is 1.21. The van der Waals surface area contributed by atoms with E-state index in [1.165, 1.54) is 6.92 Å². The van der Waals surface area contributed by atoms with Crippen LogP contribution in [-0.4, -0.2) is 10.5 Å². The van der Waals surface area contributed by atoms with Crippen LogP contribution in [0.5, 0.6) is 0 Å². The molecule has 0 fully saturated rings. The highest BCUT2D eigenvalue weighted by Gasteiger charge is 2.02. The Hall–Kier alpha value is -1.57. The van der Waals surface area contributed by atoms with E-state index in [4.69, 9.17) is 0 Å². The first kappa shape index (κ1) is 7.10. The minimum Gasteiger partial charge on any atom is -0.287 e. The lowest BCUT2D eigenvalue weighted by Crippen LogP contribution is -2.02. The third-order valence-electron chi connectivity index (χ3n) is 1.79. The van der Waals surface area contributed by atoms with Crippen molar-refractivity contribution in [1.82, 2.24) is 4.57 Å². The SMILES string of the molecule is CC(=O)n1c[c]c2c[c]ccc21. The fraction of sp³-hybridized carbons (Fsp3) is 0.100. The third-order valence-corrected chi connectivity index (χ3v) is 1.79. The second-order valence-electron chi connectivity index (χ2n) is 2.61. The molecule has 0 aliphatic rings. The first-order valence-corrected chi connectivity index (χ1v) is 3.69. The summed E-state index contributed by atoms with van der Waals surface area (Å²) in [6.45, 7) is 1.53. The van der Waals surface area contributed by atoms with Gasteiger partial charge in [-0.15, -0.1) is 0 Å². The van der Waals surface area contributed by atoms with E-state index in [9.17, 15) is 4.79 Å². The summed E-state index contributed by atoms with van der Waals surface area (Å²) >= 11 is 0. The number of rotatable bonds is 0. The minimum atomic E-state index is 0.00690. The van der Waals surface area contributed by atoms with E-state index >= 15 is 0 Å². The minimum absolute atomic E-state index is 0.00690. The molecule has 0 atom stereocenters. The Bertz CT molecular complexity index is 428.